The Morgan fingerprint density at radius 2 is 1.65 bits per heavy atom. The van der Waals surface area contributed by atoms with Crippen molar-refractivity contribution in [1.29, 1.82) is 0 Å². The van der Waals surface area contributed by atoms with Gasteiger partial charge < -0.3 is 9.53 Å². The molecule has 20 heavy (non-hydrogen) atoms. The minimum Gasteiger partial charge on any atom is -0.413 e. The number of nitrogens with zero attached hydrogens (tertiary/aromatic N) is 1. The van der Waals surface area contributed by atoms with Gasteiger partial charge in [0.2, 0.25) is 0 Å². The number of hydrogen-bond donors (Lipinski definition) is 1. The second-order valence-corrected chi connectivity index (χ2v) is 11.9. The molecule has 0 saturated heterocycles. The van der Waals surface area contributed by atoms with Crippen molar-refractivity contribution in [3.05, 3.63) is 30.1 Å². The summed E-state index contributed by atoms with van der Waals surface area (Å²) in [7, 11) is -1.90. The van der Waals surface area contributed by atoms with Gasteiger partial charge in [0.25, 0.3) is 0 Å². The molecule has 0 fully saturated rings. The van der Waals surface area contributed by atoms with Crippen LogP contribution in [0, 0.1) is 0 Å². The van der Waals surface area contributed by atoms with Crippen molar-refractivity contribution in [2.75, 3.05) is 6.61 Å². The standard InChI is InChI=1S/C16H29NO2Si/c1-12(2)20(13(3)4,14(5)6)19-11-16(18)15-8-7-9-17-10-15/h7-10,12-14,16,18H,11H2,1-6H3. The molecule has 1 N–H and O–H groups in total. The van der Waals surface area contributed by atoms with Gasteiger partial charge in [-0.2, -0.15) is 0 Å². The molecule has 4 heteroatoms. The van der Waals surface area contributed by atoms with E-state index in [9.17, 15) is 5.11 Å². The van der Waals surface area contributed by atoms with E-state index in [0.717, 1.165) is 5.56 Å². The Kier molecular flexibility index (Phi) is 6.36. The number of pyridine rings is 1. The van der Waals surface area contributed by atoms with Gasteiger partial charge in [-0.15, -0.1) is 0 Å². The highest BCUT2D eigenvalue weighted by molar-refractivity contribution is 6.77. The molecule has 0 saturated carbocycles. The van der Waals surface area contributed by atoms with Crippen LogP contribution in [0.3, 0.4) is 0 Å². The van der Waals surface area contributed by atoms with Crippen molar-refractivity contribution in [3.63, 3.8) is 0 Å². The van der Waals surface area contributed by atoms with Crippen molar-refractivity contribution < 1.29 is 9.53 Å². The van der Waals surface area contributed by atoms with E-state index in [1.165, 1.54) is 0 Å². The van der Waals surface area contributed by atoms with E-state index in [1.807, 2.05) is 12.1 Å². The van der Waals surface area contributed by atoms with Crippen LogP contribution in [0.25, 0.3) is 0 Å². The molecule has 0 aromatic carbocycles. The predicted octanol–water partition coefficient (Wildman–Crippen LogP) is 4.31. The zero-order chi connectivity index (χ0) is 15.3. The summed E-state index contributed by atoms with van der Waals surface area (Å²) in [4.78, 5) is 4.05. The van der Waals surface area contributed by atoms with Crippen molar-refractivity contribution in [2.45, 2.75) is 64.3 Å². The lowest BCUT2D eigenvalue weighted by molar-refractivity contribution is 0.0975. The van der Waals surface area contributed by atoms with Crippen LogP contribution in [0.2, 0.25) is 16.6 Å². The molecule has 1 aromatic rings. The molecule has 0 aliphatic carbocycles. The van der Waals surface area contributed by atoms with Gasteiger partial charge in [0.1, 0.15) is 6.10 Å². The first-order chi connectivity index (χ1) is 9.32. The Balaban J connectivity index is 2.82. The molecule has 114 valence electrons. The second-order valence-electron chi connectivity index (χ2n) is 6.43. The van der Waals surface area contributed by atoms with Gasteiger partial charge in [-0.1, -0.05) is 47.6 Å². The molecule has 1 aromatic heterocycles. The molecule has 1 rings (SSSR count). The van der Waals surface area contributed by atoms with Gasteiger partial charge in [-0.05, 0) is 22.7 Å². The smallest absolute Gasteiger partial charge is 0.200 e. The fourth-order valence-electron chi connectivity index (χ4n) is 3.39. The minimum absolute atomic E-state index is 0.368. The maximum absolute atomic E-state index is 10.3. The Morgan fingerprint density at radius 1 is 1.10 bits per heavy atom. The van der Waals surface area contributed by atoms with E-state index in [1.54, 1.807) is 12.4 Å². The van der Waals surface area contributed by atoms with Crippen LogP contribution < -0.4 is 0 Å². The largest absolute Gasteiger partial charge is 0.413 e. The van der Waals surface area contributed by atoms with Gasteiger partial charge in [0, 0.05) is 18.0 Å². The third-order valence-corrected chi connectivity index (χ3v) is 10.3. The van der Waals surface area contributed by atoms with Crippen LogP contribution in [-0.4, -0.2) is 25.0 Å². The third-order valence-electron chi connectivity index (χ3n) is 4.27. The van der Waals surface area contributed by atoms with E-state index in [4.69, 9.17) is 4.43 Å². The van der Waals surface area contributed by atoms with E-state index in [2.05, 4.69) is 46.5 Å². The van der Waals surface area contributed by atoms with Crippen molar-refractivity contribution in [2.24, 2.45) is 0 Å². The lowest BCUT2D eigenvalue weighted by atomic mass is 10.2. The first kappa shape index (κ1) is 17.3. The lowest BCUT2D eigenvalue weighted by Crippen LogP contribution is -2.48. The topological polar surface area (TPSA) is 42.4 Å². The van der Waals surface area contributed by atoms with Crippen LogP contribution in [0.4, 0.5) is 0 Å². The summed E-state index contributed by atoms with van der Waals surface area (Å²) in [6, 6.07) is 3.74. The minimum atomic E-state index is -1.90. The molecule has 0 amide bonds. The zero-order valence-corrected chi connectivity index (χ0v) is 14.6. The van der Waals surface area contributed by atoms with Crippen LogP contribution in [0.5, 0.6) is 0 Å². The fraction of sp³-hybridized carbons (Fsp3) is 0.688. The molecule has 3 nitrogen and oxygen atoms in total. The lowest BCUT2D eigenvalue weighted by Gasteiger charge is -2.42. The predicted molar refractivity (Wildman–Crippen MR) is 86.2 cm³/mol. The van der Waals surface area contributed by atoms with Gasteiger partial charge in [-0.25, -0.2) is 0 Å². The molecular formula is C16H29NO2Si. The molecule has 0 aliphatic heterocycles. The number of hydrogen-bond acceptors (Lipinski definition) is 3. The summed E-state index contributed by atoms with van der Waals surface area (Å²) in [5, 5.41) is 10.3. The van der Waals surface area contributed by atoms with Gasteiger partial charge in [0.15, 0.2) is 8.32 Å². The molecular weight excluding hydrogens is 266 g/mol. The number of aromatic nitrogens is 1. The molecule has 0 bridgehead atoms. The average molecular weight is 295 g/mol. The Bertz CT molecular complexity index is 371. The first-order valence-electron chi connectivity index (χ1n) is 7.54. The fourth-order valence-corrected chi connectivity index (χ4v) is 8.84. The van der Waals surface area contributed by atoms with E-state index >= 15 is 0 Å². The summed E-state index contributed by atoms with van der Waals surface area (Å²) >= 11 is 0. The van der Waals surface area contributed by atoms with Crippen LogP contribution in [0.15, 0.2) is 24.5 Å². The monoisotopic (exact) mass is 295 g/mol. The summed E-state index contributed by atoms with van der Waals surface area (Å²) < 4.78 is 6.39. The van der Waals surface area contributed by atoms with E-state index < -0.39 is 14.4 Å². The van der Waals surface area contributed by atoms with E-state index in [0.29, 0.717) is 23.2 Å². The SMILES string of the molecule is CC(C)[Si](OCC(O)c1cccnc1)(C(C)C)C(C)C. The normalized spacial score (nSPS) is 14.3. The second kappa shape index (κ2) is 7.34. The summed E-state index contributed by atoms with van der Waals surface area (Å²) in [5.74, 6) is 0. The molecule has 1 heterocycles. The number of aliphatic hydroxyl groups excluding tert-OH is 1. The number of rotatable bonds is 7. The Morgan fingerprint density at radius 3 is 2.05 bits per heavy atom. The molecule has 0 aliphatic rings. The highest BCUT2D eigenvalue weighted by Crippen LogP contribution is 2.42. The van der Waals surface area contributed by atoms with Crippen LogP contribution in [-0.2, 0) is 4.43 Å². The van der Waals surface area contributed by atoms with Gasteiger partial charge >= 0.3 is 0 Å². The van der Waals surface area contributed by atoms with E-state index in [-0.39, 0.29) is 0 Å². The summed E-state index contributed by atoms with van der Waals surface area (Å²) in [6.45, 7) is 13.9. The third kappa shape index (κ3) is 3.68. The highest BCUT2D eigenvalue weighted by atomic mass is 28.4. The molecule has 1 atom stereocenters. The zero-order valence-electron chi connectivity index (χ0n) is 13.6. The van der Waals surface area contributed by atoms with Gasteiger partial charge in [-0.3, -0.25) is 4.98 Å². The molecule has 0 radical (unpaired) electrons. The van der Waals surface area contributed by atoms with Crippen molar-refractivity contribution in [1.82, 2.24) is 4.98 Å². The molecule has 0 spiro atoms. The average Bonchev–Trinajstić information content (AvgIpc) is 2.38. The molecule has 1 unspecified atom stereocenters. The maximum Gasteiger partial charge on any atom is 0.200 e. The Labute approximate surface area is 124 Å². The van der Waals surface area contributed by atoms with Crippen molar-refractivity contribution in [3.8, 4) is 0 Å². The maximum atomic E-state index is 10.3. The highest BCUT2D eigenvalue weighted by Gasteiger charge is 2.45. The summed E-state index contributed by atoms with van der Waals surface area (Å²) in [6.07, 6.45) is 2.83. The number of aliphatic hydroxyl groups is 1. The first-order valence-corrected chi connectivity index (χ1v) is 9.68. The van der Waals surface area contributed by atoms with Crippen LogP contribution >= 0.6 is 0 Å². The van der Waals surface area contributed by atoms with Crippen molar-refractivity contribution >= 4 is 8.32 Å². The van der Waals surface area contributed by atoms with Gasteiger partial charge in [0.05, 0.1) is 6.61 Å². The summed E-state index contributed by atoms with van der Waals surface area (Å²) in [5.41, 5.74) is 2.42. The Hall–Kier alpha value is -0.713. The van der Waals surface area contributed by atoms with Crippen LogP contribution in [0.1, 0.15) is 53.2 Å². The quantitative estimate of drug-likeness (QED) is 0.762.